The molecule has 1 saturated carbocycles. The second-order valence-electron chi connectivity index (χ2n) is 5.41. The van der Waals surface area contributed by atoms with Crippen molar-refractivity contribution in [3.05, 3.63) is 0 Å². The molecule has 0 aromatic heterocycles. The molecule has 2 rings (SSSR count). The Kier molecular flexibility index (Phi) is 5.05. The Labute approximate surface area is 112 Å². The zero-order chi connectivity index (χ0) is 11.4. The summed E-state index contributed by atoms with van der Waals surface area (Å²) in [4.78, 5) is 0. The van der Waals surface area contributed by atoms with Crippen molar-refractivity contribution in [1.29, 1.82) is 0 Å². The second-order valence-corrected chi connectivity index (χ2v) is 7.20. The summed E-state index contributed by atoms with van der Waals surface area (Å²) < 4.78 is 5.64. The smallest absolute Gasteiger partial charge is 0.0666 e. The van der Waals surface area contributed by atoms with Crippen LogP contribution in [-0.4, -0.2) is 29.0 Å². The molecule has 94 valence electrons. The highest BCUT2D eigenvalue weighted by molar-refractivity contribution is 9.09. The fraction of sp³-hybridized carbons (Fsp3) is 1.00. The number of alkyl halides is 1. The van der Waals surface area contributed by atoms with Gasteiger partial charge in [-0.15, -0.1) is 0 Å². The lowest BCUT2D eigenvalue weighted by atomic mass is 9.77. The monoisotopic (exact) mass is 306 g/mol. The van der Waals surface area contributed by atoms with Gasteiger partial charge in [0.25, 0.3) is 0 Å². The Balaban J connectivity index is 1.82. The minimum atomic E-state index is 0.473. The van der Waals surface area contributed by atoms with Gasteiger partial charge in [0.05, 0.1) is 6.10 Å². The van der Waals surface area contributed by atoms with E-state index in [1.165, 1.54) is 49.6 Å². The minimum absolute atomic E-state index is 0.473. The van der Waals surface area contributed by atoms with Crippen LogP contribution in [0.5, 0.6) is 0 Å². The van der Waals surface area contributed by atoms with Crippen LogP contribution in [0.2, 0.25) is 0 Å². The number of rotatable bonds is 4. The van der Waals surface area contributed by atoms with Gasteiger partial charge < -0.3 is 4.74 Å². The molecule has 2 fully saturated rings. The summed E-state index contributed by atoms with van der Waals surface area (Å²) in [5, 5.41) is 1.94. The van der Waals surface area contributed by atoms with Gasteiger partial charge in [-0.2, -0.15) is 11.8 Å². The van der Waals surface area contributed by atoms with Gasteiger partial charge in [0.2, 0.25) is 0 Å². The van der Waals surface area contributed by atoms with Gasteiger partial charge in [0.1, 0.15) is 0 Å². The minimum Gasteiger partial charge on any atom is -0.377 e. The highest BCUT2D eigenvalue weighted by Gasteiger charge is 2.33. The highest BCUT2D eigenvalue weighted by Crippen LogP contribution is 2.42. The number of ether oxygens (including phenoxy) is 1. The summed E-state index contributed by atoms with van der Waals surface area (Å²) in [6.45, 7) is 3.20. The molecule has 1 nitrogen and oxygen atoms in total. The van der Waals surface area contributed by atoms with E-state index in [0.717, 1.165) is 11.9 Å². The largest absolute Gasteiger partial charge is 0.377 e. The molecule has 1 aliphatic carbocycles. The molecule has 1 heterocycles. The molecule has 3 heteroatoms. The third-order valence-corrected chi connectivity index (χ3v) is 7.12. The van der Waals surface area contributed by atoms with Crippen LogP contribution < -0.4 is 0 Å². The average molecular weight is 307 g/mol. The SMILES string of the molecule is CC1OCCC1SCC1(CBr)CCCCC1. The predicted octanol–water partition coefficient (Wildman–Crippen LogP) is 4.24. The van der Waals surface area contributed by atoms with Gasteiger partial charge >= 0.3 is 0 Å². The van der Waals surface area contributed by atoms with Gasteiger partial charge in [-0.05, 0) is 31.6 Å². The summed E-state index contributed by atoms with van der Waals surface area (Å²) in [5.74, 6) is 1.33. The third kappa shape index (κ3) is 3.17. The van der Waals surface area contributed by atoms with Crippen LogP contribution in [0, 0.1) is 5.41 Å². The Bertz CT molecular complexity index is 216. The summed E-state index contributed by atoms with van der Waals surface area (Å²) in [5.41, 5.74) is 0.589. The summed E-state index contributed by atoms with van der Waals surface area (Å²) in [7, 11) is 0. The zero-order valence-corrected chi connectivity index (χ0v) is 12.6. The molecular weight excluding hydrogens is 284 g/mol. The zero-order valence-electron chi connectivity index (χ0n) is 10.2. The van der Waals surface area contributed by atoms with Crippen LogP contribution >= 0.6 is 27.7 Å². The van der Waals surface area contributed by atoms with Crippen LogP contribution in [0.3, 0.4) is 0 Å². The molecule has 0 spiro atoms. The van der Waals surface area contributed by atoms with Gasteiger partial charge in [0, 0.05) is 22.9 Å². The second kappa shape index (κ2) is 6.10. The summed E-state index contributed by atoms with van der Waals surface area (Å²) >= 11 is 5.92. The van der Waals surface area contributed by atoms with Gasteiger partial charge in [-0.3, -0.25) is 0 Å². The normalized spacial score (nSPS) is 34.1. The van der Waals surface area contributed by atoms with Crippen molar-refractivity contribution >= 4 is 27.7 Å². The van der Waals surface area contributed by atoms with E-state index in [9.17, 15) is 0 Å². The van der Waals surface area contributed by atoms with Gasteiger partial charge in [-0.1, -0.05) is 35.2 Å². The van der Waals surface area contributed by atoms with E-state index in [4.69, 9.17) is 4.74 Å². The van der Waals surface area contributed by atoms with Crippen LogP contribution in [-0.2, 0) is 4.74 Å². The molecule has 0 aromatic carbocycles. The van der Waals surface area contributed by atoms with Crippen molar-refractivity contribution in [2.24, 2.45) is 5.41 Å². The standard InChI is InChI=1S/C13H23BrOS/c1-11-12(5-8-15-11)16-10-13(9-14)6-3-2-4-7-13/h11-12H,2-10H2,1H3. The summed E-state index contributed by atoms with van der Waals surface area (Å²) in [6.07, 6.45) is 8.89. The maximum Gasteiger partial charge on any atom is 0.0666 e. The first-order valence-electron chi connectivity index (χ1n) is 6.55. The molecule has 0 aromatic rings. The first-order valence-corrected chi connectivity index (χ1v) is 8.72. The van der Waals surface area contributed by atoms with Crippen molar-refractivity contribution in [2.75, 3.05) is 17.7 Å². The number of thioether (sulfide) groups is 1. The van der Waals surface area contributed by atoms with Crippen molar-refractivity contribution < 1.29 is 4.74 Å². The van der Waals surface area contributed by atoms with Crippen molar-refractivity contribution in [1.82, 2.24) is 0 Å². The van der Waals surface area contributed by atoms with Crippen LogP contribution in [0.15, 0.2) is 0 Å². The topological polar surface area (TPSA) is 9.23 Å². The fourth-order valence-corrected chi connectivity index (χ4v) is 5.43. The summed E-state index contributed by atoms with van der Waals surface area (Å²) in [6, 6.07) is 0. The fourth-order valence-electron chi connectivity index (χ4n) is 2.83. The molecule has 0 bridgehead atoms. The molecular formula is C13H23BrOS. The Morgan fingerprint density at radius 3 is 2.62 bits per heavy atom. The predicted molar refractivity (Wildman–Crippen MR) is 75.6 cm³/mol. The maximum absolute atomic E-state index is 5.64. The van der Waals surface area contributed by atoms with Gasteiger partial charge in [-0.25, -0.2) is 0 Å². The third-order valence-electron chi connectivity index (χ3n) is 4.11. The Morgan fingerprint density at radius 1 is 1.31 bits per heavy atom. The molecule has 1 aliphatic heterocycles. The Morgan fingerprint density at radius 2 is 2.06 bits per heavy atom. The molecule has 16 heavy (non-hydrogen) atoms. The van der Waals surface area contributed by atoms with E-state index in [1.54, 1.807) is 0 Å². The van der Waals surface area contributed by atoms with E-state index in [2.05, 4.69) is 34.6 Å². The lowest BCUT2D eigenvalue weighted by Gasteiger charge is -2.36. The molecule has 0 radical (unpaired) electrons. The molecule has 2 unspecified atom stereocenters. The molecule has 0 N–H and O–H groups in total. The number of hydrogen-bond acceptors (Lipinski definition) is 2. The van der Waals surface area contributed by atoms with E-state index in [0.29, 0.717) is 11.5 Å². The van der Waals surface area contributed by atoms with E-state index < -0.39 is 0 Å². The van der Waals surface area contributed by atoms with Crippen molar-refractivity contribution in [3.63, 3.8) is 0 Å². The van der Waals surface area contributed by atoms with Crippen molar-refractivity contribution in [3.8, 4) is 0 Å². The van der Waals surface area contributed by atoms with Gasteiger partial charge in [0.15, 0.2) is 0 Å². The van der Waals surface area contributed by atoms with Crippen LogP contribution in [0.4, 0.5) is 0 Å². The van der Waals surface area contributed by atoms with Crippen LogP contribution in [0.25, 0.3) is 0 Å². The molecule has 1 saturated heterocycles. The van der Waals surface area contributed by atoms with E-state index >= 15 is 0 Å². The highest BCUT2D eigenvalue weighted by atomic mass is 79.9. The van der Waals surface area contributed by atoms with Crippen LogP contribution in [0.1, 0.15) is 45.4 Å². The van der Waals surface area contributed by atoms with E-state index in [-0.39, 0.29) is 0 Å². The number of hydrogen-bond donors (Lipinski definition) is 0. The molecule has 2 atom stereocenters. The Hall–Kier alpha value is 0.790. The van der Waals surface area contributed by atoms with E-state index in [1.807, 2.05) is 0 Å². The average Bonchev–Trinajstić information content (AvgIpc) is 2.74. The number of halogens is 1. The molecule has 2 aliphatic rings. The first-order chi connectivity index (χ1) is 7.76. The van der Waals surface area contributed by atoms with Crippen molar-refractivity contribution in [2.45, 2.75) is 56.8 Å². The lowest BCUT2D eigenvalue weighted by Crippen LogP contribution is -2.30. The first kappa shape index (κ1) is 13.2. The molecule has 0 amide bonds. The lowest BCUT2D eigenvalue weighted by molar-refractivity contribution is 0.127. The quantitative estimate of drug-likeness (QED) is 0.718. The maximum atomic E-state index is 5.64.